The molecule has 0 saturated carbocycles. The highest BCUT2D eigenvalue weighted by Crippen LogP contribution is 2.42. The molecule has 0 saturated heterocycles. The van der Waals surface area contributed by atoms with Crippen LogP contribution in [0.3, 0.4) is 0 Å². The lowest BCUT2D eigenvalue weighted by atomic mass is 9.84. The van der Waals surface area contributed by atoms with Crippen LogP contribution in [0.1, 0.15) is 56.3 Å². The van der Waals surface area contributed by atoms with Crippen molar-refractivity contribution in [1.29, 1.82) is 0 Å². The zero-order valence-electron chi connectivity index (χ0n) is 32.2. The topological polar surface area (TPSA) is 82.8 Å². The van der Waals surface area contributed by atoms with Crippen molar-refractivity contribution in [3.05, 3.63) is 209 Å². The summed E-state index contributed by atoms with van der Waals surface area (Å²) in [6, 6.07) is 28.1. The Morgan fingerprint density at radius 1 is 0.541 bits per heavy atom. The molecule has 6 aromatic carbocycles. The smallest absolute Gasteiger partial charge is 0.151 e. The van der Waals surface area contributed by atoms with Gasteiger partial charge in [0.25, 0.3) is 0 Å². The maximum absolute atomic E-state index is 15.0. The van der Waals surface area contributed by atoms with Crippen LogP contribution >= 0.6 is 46.4 Å². The molecule has 5 nitrogen and oxygen atoms in total. The highest BCUT2D eigenvalue weighted by Gasteiger charge is 2.28. The van der Waals surface area contributed by atoms with Gasteiger partial charge >= 0.3 is 0 Å². The minimum absolute atomic E-state index is 0.153. The van der Waals surface area contributed by atoms with Gasteiger partial charge in [0.1, 0.15) is 23.3 Å². The first-order valence-corrected chi connectivity index (χ1v) is 23.7. The van der Waals surface area contributed by atoms with E-state index in [0.717, 1.165) is 22.7 Å². The van der Waals surface area contributed by atoms with Crippen LogP contribution < -0.4 is 0 Å². The van der Waals surface area contributed by atoms with Gasteiger partial charge in [0.05, 0.1) is 11.5 Å². The second-order valence-corrected chi connectivity index (χ2v) is 19.8. The number of aromatic amines is 2. The van der Waals surface area contributed by atoms with E-state index in [9.17, 15) is 30.2 Å². The van der Waals surface area contributed by atoms with E-state index in [-0.39, 0.29) is 37.0 Å². The summed E-state index contributed by atoms with van der Waals surface area (Å²) in [6.07, 6.45) is 6.20. The van der Waals surface area contributed by atoms with Crippen LogP contribution in [0.25, 0.3) is 21.8 Å². The molecule has 61 heavy (non-hydrogen) atoms. The summed E-state index contributed by atoms with van der Waals surface area (Å²) in [5.41, 5.74) is 5.25. The Bertz CT molecular complexity index is 2980. The molecule has 0 aliphatic carbocycles. The number of sulfone groups is 1. The summed E-state index contributed by atoms with van der Waals surface area (Å²) >= 11 is 23.7. The van der Waals surface area contributed by atoms with E-state index in [1.54, 1.807) is 73.2 Å². The first-order valence-electron chi connectivity index (χ1n) is 18.4. The van der Waals surface area contributed by atoms with Gasteiger partial charge in [0.2, 0.25) is 0 Å². The molecular weight excluding hydrogens is 910 g/mol. The quantitative estimate of drug-likeness (QED) is 0.134. The van der Waals surface area contributed by atoms with Crippen molar-refractivity contribution in [3.63, 3.8) is 0 Å². The second kappa shape index (κ2) is 18.4. The minimum atomic E-state index is -3.28. The monoisotopic (exact) mass is 942 g/mol. The molecule has 1 unspecified atom stereocenters. The first kappa shape index (κ1) is 44.4. The van der Waals surface area contributed by atoms with Gasteiger partial charge in [-0.15, -0.1) is 0 Å². The molecule has 2 aromatic heterocycles. The van der Waals surface area contributed by atoms with Crippen molar-refractivity contribution in [1.82, 2.24) is 9.97 Å². The third-order valence-corrected chi connectivity index (χ3v) is 12.7. The summed E-state index contributed by atoms with van der Waals surface area (Å²) in [5.74, 6) is -3.51. The molecular formula is C46H34Cl4F4N2O3S2. The number of rotatable bonds is 10. The summed E-state index contributed by atoms with van der Waals surface area (Å²) in [4.78, 5) is 6.31. The number of benzene rings is 6. The number of hydrogen-bond acceptors (Lipinski definition) is 3. The molecule has 8 rings (SSSR count). The van der Waals surface area contributed by atoms with Gasteiger partial charge in [-0.3, -0.25) is 4.21 Å². The molecule has 2 N–H and O–H groups in total. The summed E-state index contributed by atoms with van der Waals surface area (Å²) in [6.45, 7) is 0. The maximum Gasteiger partial charge on any atom is 0.151 e. The lowest BCUT2D eigenvalue weighted by molar-refractivity contribution is 0.587. The SMILES string of the molecule is CS(=O)(=O)Cc1cccc2c(C(c3ccc(Cl)cc3F)c3ccc(Cl)cc3F)c[nH]c12.CS(=O)Cc1cccc2c(C(c3ccc(Cl)cc3F)c3ccc(Cl)cc3F)c[nH]c12. The van der Waals surface area contributed by atoms with Crippen LogP contribution in [-0.4, -0.2) is 35.1 Å². The second-order valence-electron chi connectivity index (χ2n) is 14.5. The Morgan fingerprint density at radius 3 is 1.21 bits per heavy atom. The van der Waals surface area contributed by atoms with Crippen molar-refractivity contribution < 1.29 is 30.2 Å². The van der Waals surface area contributed by atoms with E-state index in [0.29, 0.717) is 44.5 Å². The maximum atomic E-state index is 15.0. The molecule has 8 aromatic rings. The molecule has 0 fully saturated rings. The molecule has 2 heterocycles. The fourth-order valence-electron chi connectivity index (χ4n) is 7.64. The van der Waals surface area contributed by atoms with Crippen LogP contribution in [0.2, 0.25) is 20.1 Å². The van der Waals surface area contributed by atoms with Crippen LogP contribution in [0.15, 0.2) is 122 Å². The molecule has 0 aliphatic rings. The summed E-state index contributed by atoms with van der Waals surface area (Å²) in [5, 5.41) is 2.47. The third-order valence-electron chi connectivity index (χ3n) is 10.2. The largest absolute Gasteiger partial charge is 0.361 e. The number of nitrogens with one attached hydrogen (secondary N) is 2. The highest BCUT2D eigenvalue weighted by molar-refractivity contribution is 7.89. The van der Waals surface area contributed by atoms with E-state index in [2.05, 4.69) is 9.97 Å². The highest BCUT2D eigenvalue weighted by atomic mass is 35.5. The predicted molar refractivity (Wildman–Crippen MR) is 240 cm³/mol. The third kappa shape index (κ3) is 9.88. The zero-order valence-corrected chi connectivity index (χ0v) is 36.8. The van der Waals surface area contributed by atoms with E-state index in [1.807, 2.05) is 18.2 Å². The van der Waals surface area contributed by atoms with Gasteiger partial charge in [0, 0.05) is 89.4 Å². The molecule has 314 valence electrons. The van der Waals surface area contributed by atoms with Crippen LogP contribution in [-0.2, 0) is 32.1 Å². The van der Waals surface area contributed by atoms with E-state index < -0.39 is 55.7 Å². The lowest BCUT2D eigenvalue weighted by Crippen LogP contribution is -2.08. The molecule has 0 amide bonds. The normalized spacial score (nSPS) is 12.3. The van der Waals surface area contributed by atoms with Crippen molar-refractivity contribution in [2.75, 3.05) is 12.5 Å². The standard InChI is InChI=1S/C23H17Cl2F2NO2S.C23H17Cl2F2NOS/c1-31(29,30)12-13-3-2-4-16-19(11-28-23(13)16)22(17-7-5-14(24)9-20(17)26)18-8-6-15(25)10-21(18)27;1-30(29)12-13-3-2-4-16-19(11-28-23(13)16)22(17-7-5-14(24)9-20(17)26)18-8-6-15(25)10-21(18)27/h2-11,22,28H,12H2,1H3;2-11,22,28H,12H2,1H3. The van der Waals surface area contributed by atoms with E-state index in [1.165, 1.54) is 36.4 Å². The van der Waals surface area contributed by atoms with Crippen LogP contribution in [0.5, 0.6) is 0 Å². The molecule has 0 spiro atoms. The summed E-state index contributed by atoms with van der Waals surface area (Å²) in [7, 11) is -4.30. The number of halogens is 8. The summed E-state index contributed by atoms with van der Waals surface area (Å²) < 4.78 is 95.3. The van der Waals surface area contributed by atoms with E-state index >= 15 is 0 Å². The zero-order chi connectivity index (χ0) is 43.7. The Kier molecular flexibility index (Phi) is 13.4. The first-order chi connectivity index (χ1) is 29.0. The van der Waals surface area contributed by atoms with Gasteiger partial charge < -0.3 is 9.97 Å². The van der Waals surface area contributed by atoms with Crippen molar-refractivity contribution in [2.45, 2.75) is 23.3 Å². The van der Waals surface area contributed by atoms with E-state index in [4.69, 9.17) is 46.4 Å². The van der Waals surface area contributed by atoms with Gasteiger partial charge in [-0.05, 0) is 93.0 Å². The fraction of sp³-hybridized carbons (Fsp3) is 0.130. The fourth-order valence-corrected chi connectivity index (χ4v) is 9.76. The Balaban J connectivity index is 0.000000184. The molecule has 0 bridgehead atoms. The number of H-pyrrole nitrogens is 2. The van der Waals surface area contributed by atoms with Gasteiger partial charge in [-0.1, -0.05) is 107 Å². The van der Waals surface area contributed by atoms with Crippen LogP contribution in [0, 0.1) is 23.3 Å². The minimum Gasteiger partial charge on any atom is -0.361 e. The average Bonchev–Trinajstić information content (AvgIpc) is 3.81. The Hall–Kier alpha value is -4.62. The number of hydrogen-bond donors (Lipinski definition) is 2. The number of aromatic nitrogens is 2. The molecule has 15 heteroatoms. The van der Waals surface area contributed by atoms with Crippen LogP contribution in [0.4, 0.5) is 17.6 Å². The molecule has 0 radical (unpaired) electrons. The average molecular weight is 945 g/mol. The lowest BCUT2D eigenvalue weighted by Gasteiger charge is -2.20. The number of para-hydroxylation sites is 2. The Labute approximate surface area is 372 Å². The molecule has 1 atom stereocenters. The Morgan fingerprint density at radius 2 is 0.885 bits per heavy atom. The van der Waals surface area contributed by atoms with Crippen molar-refractivity contribution >= 4 is 88.8 Å². The van der Waals surface area contributed by atoms with Gasteiger partial charge in [-0.25, -0.2) is 26.0 Å². The molecule has 0 aliphatic heterocycles. The van der Waals surface area contributed by atoms with Gasteiger partial charge in [-0.2, -0.15) is 0 Å². The number of fused-ring (bicyclic) bond motifs is 2. The van der Waals surface area contributed by atoms with Gasteiger partial charge in [0.15, 0.2) is 9.84 Å². The van der Waals surface area contributed by atoms with Crippen molar-refractivity contribution in [2.24, 2.45) is 0 Å². The predicted octanol–water partition coefficient (Wildman–Crippen LogP) is 13.3. The van der Waals surface area contributed by atoms with Crippen molar-refractivity contribution in [3.8, 4) is 0 Å².